The Balaban J connectivity index is 1.66. The van der Waals surface area contributed by atoms with Crippen LogP contribution in [0.2, 0.25) is 0 Å². The van der Waals surface area contributed by atoms with Gasteiger partial charge in [0.05, 0.1) is 19.3 Å². The minimum atomic E-state index is -0.0285. The van der Waals surface area contributed by atoms with Gasteiger partial charge in [0, 0.05) is 31.9 Å². The molecule has 0 aliphatic carbocycles. The maximum atomic E-state index is 12.5. The average Bonchev–Trinajstić information content (AvgIpc) is 3.21. The third-order valence-corrected chi connectivity index (χ3v) is 4.19. The molecule has 6 heteroatoms. The molecule has 1 N–H and O–H groups in total. The maximum Gasteiger partial charge on any atom is 0.318 e. The topological polar surface area (TPSA) is 59.4 Å². The Morgan fingerprint density at radius 3 is 3.09 bits per heavy atom. The standard InChI is InChI=1S/C17H22N4O2/c1-20-12-13(11-19-20)10-18-17(22)21-8-4-7-16(21)14-5-3-6-15(9-14)23-2/h3,5-6,9,11-12,16H,4,7-8,10H2,1-2H3,(H,18,22). The summed E-state index contributed by atoms with van der Waals surface area (Å²) in [4.78, 5) is 14.4. The van der Waals surface area contributed by atoms with Crippen LogP contribution in [0, 0.1) is 0 Å². The van der Waals surface area contributed by atoms with Crippen LogP contribution < -0.4 is 10.1 Å². The fourth-order valence-electron chi connectivity index (χ4n) is 3.05. The maximum absolute atomic E-state index is 12.5. The first-order valence-electron chi connectivity index (χ1n) is 7.83. The van der Waals surface area contributed by atoms with Crippen LogP contribution in [-0.2, 0) is 13.6 Å². The second-order valence-corrected chi connectivity index (χ2v) is 5.81. The minimum absolute atomic E-state index is 0.0285. The molecule has 1 atom stereocenters. The van der Waals surface area contributed by atoms with Crippen molar-refractivity contribution in [2.75, 3.05) is 13.7 Å². The van der Waals surface area contributed by atoms with Crippen LogP contribution in [0.3, 0.4) is 0 Å². The molecular weight excluding hydrogens is 292 g/mol. The summed E-state index contributed by atoms with van der Waals surface area (Å²) in [6.45, 7) is 1.27. The molecule has 2 aromatic rings. The molecule has 1 aliphatic rings. The molecule has 0 spiro atoms. The first-order valence-corrected chi connectivity index (χ1v) is 7.83. The summed E-state index contributed by atoms with van der Waals surface area (Å²) in [6.07, 6.45) is 5.67. The predicted molar refractivity (Wildman–Crippen MR) is 87.1 cm³/mol. The van der Waals surface area contributed by atoms with Crippen LogP contribution in [0.15, 0.2) is 36.7 Å². The smallest absolute Gasteiger partial charge is 0.318 e. The molecule has 1 aromatic heterocycles. The summed E-state index contributed by atoms with van der Waals surface area (Å²) < 4.78 is 7.02. The Labute approximate surface area is 136 Å². The van der Waals surface area contributed by atoms with E-state index in [0.29, 0.717) is 6.54 Å². The summed E-state index contributed by atoms with van der Waals surface area (Å²) >= 11 is 0. The van der Waals surface area contributed by atoms with Crippen molar-refractivity contribution in [1.29, 1.82) is 0 Å². The number of hydrogen-bond donors (Lipinski definition) is 1. The number of aromatic nitrogens is 2. The number of nitrogens with one attached hydrogen (secondary N) is 1. The van der Waals surface area contributed by atoms with Crippen LogP contribution in [0.5, 0.6) is 5.75 Å². The van der Waals surface area contributed by atoms with Crippen LogP contribution in [-0.4, -0.2) is 34.4 Å². The van der Waals surface area contributed by atoms with E-state index in [1.54, 1.807) is 18.0 Å². The lowest BCUT2D eigenvalue weighted by Crippen LogP contribution is -2.39. The number of rotatable bonds is 4. The highest BCUT2D eigenvalue weighted by Crippen LogP contribution is 2.33. The van der Waals surface area contributed by atoms with Gasteiger partial charge in [-0.3, -0.25) is 4.68 Å². The summed E-state index contributed by atoms with van der Waals surface area (Å²) in [5.41, 5.74) is 2.12. The third kappa shape index (κ3) is 3.47. The van der Waals surface area contributed by atoms with Crippen LogP contribution >= 0.6 is 0 Å². The van der Waals surface area contributed by atoms with E-state index in [4.69, 9.17) is 4.74 Å². The summed E-state index contributed by atoms with van der Waals surface area (Å²) in [5, 5.41) is 7.10. The van der Waals surface area contributed by atoms with Crippen molar-refractivity contribution in [2.45, 2.75) is 25.4 Å². The number of aryl methyl sites for hydroxylation is 1. The van der Waals surface area contributed by atoms with Gasteiger partial charge >= 0.3 is 6.03 Å². The second kappa shape index (κ2) is 6.73. The highest BCUT2D eigenvalue weighted by molar-refractivity contribution is 5.75. The Kier molecular flexibility index (Phi) is 4.50. The number of methoxy groups -OCH3 is 1. The monoisotopic (exact) mass is 314 g/mol. The van der Waals surface area contributed by atoms with Crippen LogP contribution in [0.4, 0.5) is 4.79 Å². The number of carbonyl (C=O) groups excluding carboxylic acids is 1. The Morgan fingerprint density at radius 2 is 2.35 bits per heavy atom. The minimum Gasteiger partial charge on any atom is -0.497 e. The van der Waals surface area contributed by atoms with Crippen molar-refractivity contribution < 1.29 is 9.53 Å². The Hall–Kier alpha value is -2.50. The van der Waals surface area contributed by atoms with E-state index in [0.717, 1.165) is 36.3 Å². The number of benzene rings is 1. The van der Waals surface area contributed by atoms with E-state index in [1.165, 1.54) is 0 Å². The number of nitrogens with zero attached hydrogens (tertiary/aromatic N) is 3. The van der Waals surface area contributed by atoms with E-state index in [-0.39, 0.29) is 12.1 Å². The van der Waals surface area contributed by atoms with Gasteiger partial charge in [-0.25, -0.2) is 4.79 Å². The van der Waals surface area contributed by atoms with Gasteiger partial charge in [-0.05, 0) is 30.5 Å². The number of amides is 2. The zero-order valence-electron chi connectivity index (χ0n) is 13.5. The van der Waals surface area contributed by atoms with E-state index in [1.807, 2.05) is 36.3 Å². The fraction of sp³-hybridized carbons (Fsp3) is 0.412. The molecule has 2 amide bonds. The molecule has 0 saturated carbocycles. The van der Waals surface area contributed by atoms with Crippen LogP contribution in [0.1, 0.15) is 30.0 Å². The zero-order chi connectivity index (χ0) is 16.2. The van der Waals surface area contributed by atoms with Crippen molar-refractivity contribution in [3.63, 3.8) is 0 Å². The van der Waals surface area contributed by atoms with Crippen molar-refractivity contribution >= 4 is 6.03 Å². The van der Waals surface area contributed by atoms with Gasteiger partial charge < -0.3 is 15.0 Å². The molecule has 122 valence electrons. The predicted octanol–water partition coefficient (Wildman–Crippen LogP) is 2.48. The first-order chi connectivity index (χ1) is 11.2. The highest BCUT2D eigenvalue weighted by atomic mass is 16.5. The average molecular weight is 314 g/mol. The molecule has 1 unspecified atom stereocenters. The number of urea groups is 1. The molecule has 2 heterocycles. The number of likely N-dealkylation sites (tertiary alicyclic amines) is 1. The molecular formula is C17H22N4O2. The molecule has 3 rings (SSSR count). The van der Waals surface area contributed by atoms with E-state index in [2.05, 4.69) is 16.5 Å². The molecule has 6 nitrogen and oxygen atoms in total. The van der Waals surface area contributed by atoms with Gasteiger partial charge in [-0.1, -0.05) is 12.1 Å². The number of carbonyl (C=O) groups is 1. The zero-order valence-corrected chi connectivity index (χ0v) is 13.5. The van der Waals surface area contributed by atoms with Crippen molar-refractivity contribution in [1.82, 2.24) is 20.0 Å². The second-order valence-electron chi connectivity index (χ2n) is 5.81. The normalized spacial score (nSPS) is 17.3. The number of hydrogen-bond acceptors (Lipinski definition) is 3. The third-order valence-electron chi connectivity index (χ3n) is 4.19. The largest absolute Gasteiger partial charge is 0.497 e. The van der Waals surface area contributed by atoms with Gasteiger partial charge in [0.25, 0.3) is 0 Å². The first kappa shape index (κ1) is 15.4. The molecule has 1 aliphatic heterocycles. The summed E-state index contributed by atoms with van der Waals surface area (Å²) in [5.74, 6) is 0.824. The molecule has 1 aromatic carbocycles. The van der Waals surface area contributed by atoms with E-state index in [9.17, 15) is 4.79 Å². The van der Waals surface area contributed by atoms with Gasteiger partial charge in [0.1, 0.15) is 5.75 Å². The highest BCUT2D eigenvalue weighted by Gasteiger charge is 2.30. The van der Waals surface area contributed by atoms with Crippen molar-refractivity contribution in [3.8, 4) is 5.75 Å². The van der Waals surface area contributed by atoms with Gasteiger partial charge in [0.15, 0.2) is 0 Å². The SMILES string of the molecule is COc1cccc(C2CCCN2C(=O)NCc2cnn(C)c2)c1. The van der Waals surface area contributed by atoms with Gasteiger partial charge in [-0.15, -0.1) is 0 Å². The lowest BCUT2D eigenvalue weighted by molar-refractivity contribution is 0.192. The number of ether oxygens (including phenoxy) is 1. The summed E-state index contributed by atoms with van der Waals surface area (Å²) in [6, 6.07) is 8.04. The van der Waals surface area contributed by atoms with E-state index < -0.39 is 0 Å². The lowest BCUT2D eigenvalue weighted by atomic mass is 10.0. The van der Waals surface area contributed by atoms with Crippen molar-refractivity contribution in [3.05, 3.63) is 47.8 Å². The quantitative estimate of drug-likeness (QED) is 0.943. The lowest BCUT2D eigenvalue weighted by Gasteiger charge is -2.25. The fourth-order valence-corrected chi connectivity index (χ4v) is 3.05. The molecule has 1 fully saturated rings. The van der Waals surface area contributed by atoms with Gasteiger partial charge in [0.2, 0.25) is 0 Å². The van der Waals surface area contributed by atoms with Crippen LogP contribution in [0.25, 0.3) is 0 Å². The molecule has 0 radical (unpaired) electrons. The van der Waals surface area contributed by atoms with Gasteiger partial charge in [-0.2, -0.15) is 5.10 Å². The molecule has 23 heavy (non-hydrogen) atoms. The van der Waals surface area contributed by atoms with E-state index >= 15 is 0 Å². The Morgan fingerprint density at radius 1 is 1.48 bits per heavy atom. The van der Waals surface area contributed by atoms with Crippen molar-refractivity contribution in [2.24, 2.45) is 7.05 Å². The summed E-state index contributed by atoms with van der Waals surface area (Å²) in [7, 11) is 3.52. The Bertz CT molecular complexity index is 683. The molecule has 1 saturated heterocycles. The molecule has 0 bridgehead atoms.